The van der Waals surface area contributed by atoms with Gasteiger partial charge in [-0.15, -0.1) is 0 Å². The van der Waals surface area contributed by atoms with E-state index in [1.807, 2.05) is 0 Å². The number of hydrogen-bond donors (Lipinski definition) is 1. The van der Waals surface area contributed by atoms with Crippen molar-refractivity contribution in [3.8, 4) is 0 Å². The maximum Gasteiger partial charge on any atom is 0.113 e. The van der Waals surface area contributed by atoms with Crippen molar-refractivity contribution in [3.63, 3.8) is 0 Å². The summed E-state index contributed by atoms with van der Waals surface area (Å²) >= 11 is 0. The molecule has 1 saturated heterocycles. The van der Waals surface area contributed by atoms with Gasteiger partial charge in [0.25, 0.3) is 0 Å². The number of hydrogen-bond acceptors (Lipinski definition) is 1. The SMILES string of the molecule is CCCC(C[C@@H](CC)C1CC[C@@H](F)CN1)[C@H](C)CCC. The van der Waals surface area contributed by atoms with Crippen LogP contribution in [0.3, 0.4) is 0 Å². The Kier molecular flexibility index (Phi) is 8.75. The van der Waals surface area contributed by atoms with E-state index < -0.39 is 6.17 Å². The minimum Gasteiger partial charge on any atom is -0.311 e. The minimum absolute atomic E-state index is 0.556. The number of halogens is 1. The zero-order valence-electron chi connectivity index (χ0n) is 14.1. The van der Waals surface area contributed by atoms with Gasteiger partial charge in [0.2, 0.25) is 0 Å². The maximum absolute atomic E-state index is 13.3. The molecule has 20 heavy (non-hydrogen) atoms. The van der Waals surface area contributed by atoms with Crippen LogP contribution in [0.15, 0.2) is 0 Å². The van der Waals surface area contributed by atoms with E-state index >= 15 is 0 Å². The van der Waals surface area contributed by atoms with E-state index in [4.69, 9.17) is 0 Å². The van der Waals surface area contributed by atoms with Crippen LogP contribution in [-0.2, 0) is 0 Å². The van der Waals surface area contributed by atoms with Gasteiger partial charge in [0.15, 0.2) is 0 Å². The molecule has 1 fully saturated rings. The third-order valence-electron chi connectivity index (χ3n) is 5.30. The van der Waals surface area contributed by atoms with E-state index in [-0.39, 0.29) is 0 Å². The third-order valence-corrected chi connectivity index (χ3v) is 5.30. The van der Waals surface area contributed by atoms with Gasteiger partial charge in [-0.05, 0) is 37.0 Å². The molecule has 0 saturated carbocycles. The third kappa shape index (κ3) is 5.71. The van der Waals surface area contributed by atoms with Crippen LogP contribution in [0, 0.1) is 17.8 Å². The van der Waals surface area contributed by atoms with Crippen LogP contribution in [0.5, 0.6) is 0 Å². The van der Waals surface area contributed by atoms with Crippen molar-refractivity contribution in [1.82, 2.24) is 5.32 Å². The molecule has 1 heterocycles. The predicted octanol–water partition coefficient (Wildman–Crippen LogP) is 5.35. The van der Waals surface area contributed by atoms with E-state index in [2.05, 4.69) is 33.0 Å². The van der Waals surface area contributed by atoms with Crippen molar-refractivity contribution in [2.45, 2.75) is 91.3 Å². The Balaban J connectivity index is 2.54. The lowest BCUT2D eigenvalue weighted by Crippen LogP contribution is -2.44. The van der Waals surface area contributed by atoms with Crippen LogP contribution in [0.4, 0.5) is 4.39 Å². The smallest absolute Gasteiger partial charge is 0.113 e. The lowest BCUT2D eigenvalue weighted by Gasteiger charge is -2.35. The first-order valence-electron chi connectivity index (χ1n) is 8.99. The van der Waals surface area contributed by atoms with Gasteiger partial charge in [-0.1, -0.05) is 59.8 Å². The van der Waals surface area contributed by atoms with Crippen molar-refractivity contribution < 1.29 is 4.39 Å². The van der Waals surface area contributed by atoms with Gasteiger partial charge in [0.05, 0.1) is 0 Å². The average Bonchev–Trinajstić information content (AvgIpc) is 2.45. The van der Waals surface area contributed by atoms with Gasteiger partial charge < -0.3 is 5.32 Å². The summed E-state index contributed by atoms with van der Waals surface area (Å²) in [5.41, 5.74) is 0. The molecule has 1 aliphatic heterocycles. The first-order valence-corrected chi connectivity index (χ1v) is 8.99. The van der Waals surface area contributed by atoms with Crippen molar-refractivity contribution in [2.24, 2.45) is 17.8 Å². The second kappa shape index (κ2) is 9.76. The topological polar surface area (TPSA) is 12.0 Å². The summed E-state index contributed by atoms with van der Waals surface area (Å²) in [6.45, 7) is 9.91. The Morgan fingerprint density at radius 1 is 1.10 bits per heavy atom. The molecule has 0 aliphatic carbocycles. The zero-order valence-corrected chi connectivity index (χ0v) is 14.1. The molecule has 0 radical (unpaired) electrons. The lowest BCUT2D eigenvalue weighted by molar-refractivity contribution is 0.162. The van der Waals surface area contributed by atoms with Crippen molar-refractivity contribution >= 4 is 0 Å². The molecular weight excluding hydrogens is 249 g/mol. The van der Waals surface area contributed by atoms with Gasteiger partial charge in [0, 0.05) is 12.6 Å². The predicted molar refractivity (Wildman–Crippen MR) is 86.8 cm³/mol. The van der Waals surface area contributed by atoms with E-state index in [0.717, 1.165) is 30.6 Å². The number of rotatable bonds is 9. The van der Waals surface area contributed by atoms with E-state index in [9.17, 15) is 4.39 Å². The van der Waals surface area contributed by atoms with Crippen LogP contribution < -0.4 is 5.32 Å². The molecule has 0 aromatic rings. The molecule has 0 aromatic heterocycles. The van der Waals surface area contributed by atoms with Crippen molar-refractivity contribution in [1.29, 1.82) is 0 Å². The van der Waals surface area contributed by atoms with Gasteiger partial charge >= 0.3 is 0 Å². The Bertz CT molecular complexity index is 236. The Hall–Kier alpha value is -0.110. The molecule has 1 rings (SSSR count). The van der Waals surface area contributed by atoms with Crippen molar-refractivity contribution in [2.75, 3.05) is 6.54 Å². The molecule has 0 amide bonds. The average molecular weight is 285 g/mol. The Morgan fingerprint density at radius 2 is 1.80 bits per heavy atom. The fourth-order valence-corrected chi connectivity index (χ4v) is 3.95. The molecule has 1 nitrogen and oxygen atoms in total. The van der Waals surface area contributed by atoms with Crippen molar-refractivity contribution in [3.05, 3.63) is 0 Å². The summed E-state index contributed by atoms with van der Waals surface area (Å²) in [5, 5.41) is 3.46. The van der Waals surface area contributed by atoms with E-state index in [1.54, 1.807) is 0 Å². The van der Waals surface area contributed by atoms with E-state index in [0.29, 0.717) is 12.6 Å². The second-order valence-corrected chi connectivity index (χ2v) is 6.91. The van der Waals surface area contributed by atoms with Gasteiger partial charge in [-0.2, -0.15) is 0 Å². The van der Waals surface area contributed by atoms with Crippen LogP contribution in [0.1, 0.15) is 79.1 Å². The molecule has 5 atom stereocenters. The molecule has 0 bridgehead atoms. The summed E-state index contributed by atoms with van der Waals surface area (Å²) in [4.78, 5) is 0. The molecule has 2 heteroatoms. The fraction of sp³-hybridized carbons (Fsp3) is 1.00. The maximum atomic E-state index is 13.3. The number of alkyl halides is 1. The first-order chi connectivity index (χ1) is 9.62. The highest BCUT2D eigenvalue weighted by Gasteiger charge is 2.29. The standard InChI is InChI=1S/C18H36FN/c1-5-8-14(4)16(9-6-2)12-15(7-3)18-11-10-17(19)13-20-18/h14-18,20H,5-13H2,1-4H3/t14-,15-,16?,17-,18?/m1/s1. The second-order valence-electron chi connectivity index (χ2n) is 6.91. The molecule has 0 spiro atoms. The summed E-state index contributed by atoms with van der Waals surface area (Å²) in [5.74, 6) is 2.43. The molecule has 0 aromatic carbocycles. The highest BCUT2D eigenvalue weighted by molar-refractivity contribution is 4.84. The molecule has 1 N–H and O–H groups in total. The van der Waals surface area contributed by atoms with Gasteiger partial charge in [-0.25, -0.2) is 4.39 Å². The summed E-state index contributed by atoms with van der Waals surface area (Å²) in [6.07, 6.45) is 9.03. The normalized spacial score (nSPS) is 28.1. The largest absolute Gasteiger partial charge is 0.311 e. The summed E-state index contributed by atoms with van der Waals surface area (Å²) < 4.78 is 13.3. The highest BCUT2D eigenvalue weighted by Crippen LogP contribution is 2.32. The fourth-order valence-electron chi connectivity index (χ4n) is 3.95. The molecule has 1 aliphatic rings. The summed E-state index contributed by atoms with van der Waals surface area (Å²) in [7, 11) is 0. The van der Waals surface area contributed by atoms with Gasteiger partial charge in [-0.3, -0.25) is 0 Å². The van der Waals surface area contributed by atoms with Crippen LogP contribution >= 0.6 is 0 Å². The molecule has 2 unspecified atom stereocenters. The quantitative estimate of drug-likeness (QED) is 0.602. The monoisotopic (exact) mass is 285 g/mol. The molecular formula is C18H36FN. The highest BCUT2D eigenvalue weighted by atomic mass is 19.1. The van der Waals surface area contributed by atoms with Crippen LogP contribution in [0.25, 0.3) is 0 Å². The number of nitrogens with one attached hydrogen (secondary N) is 1. The Morgan fingerprint density at radius 3 is 2.30 bits per heavy atom. The van der Waals surface area contributed by atoms with Crippen LogP contribution in [-0.4, -0.2) is 18.8 Å². The minimum atomic E-state index is -0.616. The number of piperidine rings is 1. The van der Waals surface area contributed by atoms with E-state index in [1.165, 1.54) is 38.5 Å². The molecule has 120 valence electrons. The van der Waals surface area contributed by atoms with Gasteiger partial charge in [0.1, 0.15) is 6.17 Å². The van der Waals surface area contributed by atoms with Crippen LogP contribution in [0.2, 0.25) is 0 Å². The lowest BCUT2D eigenvalue weighted by atomic mass is 9.76. The summed E-state index contributed by atoms with van der Waals surface area (Å²) in [6, 6.07) is 0.556. The first kappa shape index (κ1) is 17.9. The Labute approximate surface area is 126 Å². The zero-order chi connectivity index (χ0) is 15.0.